The molecule has 5 heteroatoms. The summed E-state index contributed by atoms with van der Waals surface area (Å²) in [6.45, 7) is 0. The standard InChI is InChI=1S/C9H6FNO2S/c10-4-2-1-3-5-6(4)7(11)8(14-5)9(12)13/h1-3H,11H2,(H,12,13). The average Bonchev–Trinajstić information content (AvgIpc) is 2.45. The number of aromatic carboxylic acids is 1. The number of fused-ring (bicyclic) bond motifs is 1. The molecule has 0 spiro atoms. The molecule has 0 bridgehead atoms. The molecule has 0 amide bonds. The Labute approximate surface area is 82.6 Å². The summed E-state index contributed by atoms with van der Waals surface area (Å²) in [5, 5.41) is 8.97. The van der Waals surface area contributed by atoms with Gasteiger partial charge in [0.1, 0.15) is 10.7 Å². The van der Waals surface area contributed by atoms with Crippen molar-refractivity contribution in [3.8, 4) is 0 Å². The quantitative estimate of drug-likeness (QED) is 0.760. The minimum atomic E-state index is -1.12. The van der Waals surface area contributed by atoms with Crippen LogP contribution in [-0.2, 0) is 0 Å². The van der Waals surface area contributed by atoms with Gasteiger partial charge in [0.15, 0.2) is 0 Å². The van der Waals surface area contributed by atoms with Crippen molar-refractivity contribution < 1.29 is 14.3 Å². The number of carbonyl (C=O) groups is 1. The summed E-state index contributed by atoms with van der Waals surface area (Å²) in [4.78, 5) is 10.7. The van der Waals surface area contributed by atoms with Gasteiger partial charge in [-0.05, 0) is 12.1 Å². The van der Waals surface area contributed by atoms with E-state index in [9.17, 15) is 9.18 Å². The lowest BCUT2D eigenvalue weighted by Crippen LogP contribution is -1.97. The van der Waals surface area contributed by atoms with Gasteiger partial charge in [0.05, 0.1) is 11.1 Å². The highest BCUT2D eigenvalue weighted by atomic mass is 32.1. The maximum absolute atomic E-state index is 13.3. The highest BCUT2D eigenvalue weighted by molar-refractivity contribution is 7.21. The van der Waals surface area contributed by atoms with Crippen LogP contribution < -0.4 is 5.73 Å². The van der Waals surface area contributed by atoms with Gasteiger partial charge in [-0.1, -0.05) is 6.07 Å². The average molecular weight is 211 g/mol. The van der Waals surface area contributed by atoms with E-state index in [-0.39, 0.29) is 16.0 Å². The third kappa shape index (κ3) is 1.13. The van der Waals surface area contributed by atoms with Crippen molar-refractivity contribution in [1.29, 1.82) is 0 Å². The first-order valence-electron chi connectivity index (χ1n) is 3.81. The van der Waals surface area contributed by atoms with E-state index in [0.717, 1.165) is 11.3 Å². The van der Waals surface area contributed by atoms with Crippen LogP contribution >= 0.6 is 11.3 Å². The maximum Gasteiger partial charge on any atom is 0.348 e. The van der Waals surface area contributed by atoms with Crippen molar-refractivity contribution in [3.63, 3.8) is 0 Å². The van der Waals surface area contributed by atoms with E-state index in [4.69, 9.17) is 10.8 Å². The van der Waals surface area contributed by atoms with Gasteiger partial charge in [-0.2, -0.15) is 0 Å². The molecule has 72 valence electrons. The molecule has 1 heterocycles. The predicted octanol–water partition coefficient (Wildman–Crippen LogP) is 2.32. The van der Waals surface area contributed by atoms with E-state index in [1.54, 1.807) is 6.07 Å². The fourth-order valence-electron chi connectivity index (χ4n) is 1.29. The first-order chi connectivity index (χ1) is 6.61. The minimum Gasteiger partial charge on any atom is -0.477 e. The van der Waals surface area contributed by atoms with Gasteiger partial charge in [0.25, 0.3) is 0 Å². The first-order valence-corrected chi connectivity index (χ1v) is 4.62. The highest BCUT2D eigenvalue weighted by Crippen LogP contribution is 2.34. The van der Waals surface area contributed by atoms with Crippen LogP contribution in [0.1, 0.15) is 9.67 Å². The number of anilines is 1. The molecular formula is C9H6FNO2S. The summed E-state index contributed by atoms with van der Waals surface area (Å²) in [6, 6.07) is 4.43. The second-order valence-corrected chi connectivity index (χ2v) is 3.82. The van der Waals surface area contributed by atoms with Crippen LogP contribution in [0.5, 0.6) is 0 Å². The summed E-state index contributed by atoms with van der Waals surface area (Å²) in [5.74, 6) is -1.60. The Morgan fingerprint density at radius 2 is 2.21 bits per heavy atom. The van der Waals surface area contributed by atoms with Crippen molar-refractivity contribution in [2.75, 3.05) is 5.73 Å². The number of thiophene rings is 1. The Balaban J connectivity index is 2.87. The SMILES string of the molecule is Nc1c(C(=O)O)sc2cccc(F)c12. The molecule has 1 aromatic carbocycles. The first kappa shape index (κ1) is 8.96. The second kappa shape index (κ2) is 2.95. The molecule has 0 radical (unpaired) electrons. The van der Waals surface area contributed by atoms with Crippen molar-refractivity contribution in [2.24, 2.45) is 0 Å². The largest absolute Gasteiger partial charge is 0.477 e. The van der Waals surface area contributed by atoms with Crippen LogP contribution in [0.2, 0.25) is 0 Å². The molecule has 0 aliphatic carbocycles. The van der Waals surface area contributed by atoms with Crippen LogP contribution in [0, 0.1) is 5.82 Å². The molecule has 2 rings (SSSR count). The molecule has 0 saturated heterocycles. The van der Waals surface area contributed by atoms with Crippen LogP contribution in [0.15, 0.2) is 18.2 Å². The van der Waals surface area contributed by atoms with Crippen LogP contribution in [0.3, 0.4) is 0 Å². The van der Waals surface area contributed by atoms with E-state index in [2.05, 4.69) is 0 Å². The molecule has 14 heavy (non-hydrogen) atoms. The zero-order chi connectivity index (χ0) is 10.3. The smallest absolute Gasteiger partial charge is 0.348 e. The van der Waals surface area contributed by atoms with E-state index >= 15 is 0 Å². The number of rotatable bonds is 1. The normalized spacial score (nSPS) is 10.6. The maximum atomic E-state index is 13.3. The zero-order valence-electron chi connectivity index (χ0n) is 6.95. The van der Waals surface area contributed by atoms with Gasteiger partial charge in [-0.3, -0.25) is 0 Å². The Hall–Kier alpha value is -1.62. The fraction of sp³-hybridized carbons (Fsp3) is 0. The summed E-state index contributed by atoms with van der Waals surface area (Å²) in [6.07, 6.45) is 0. The van der Waals surface area contributed by atoms with Crippen molar-refractivity contribution >= 4 is 33.1 Å². The topological polar surface area (TPSA) is 63.3 Å². The lowest BCUT2D eigenvalue weighted by molar-refractivity contribution is 0.0703. The summed E-state index contributed by atoms with van der Waals surface area (Å²) in [5.41, 5.74) is 5.54. The van der Waals surface area contributed by atoms with Gasteiger partial charge in [0, 0.05) is 4.70 Å². The van der Waals surface area contributed by atoms with E-state index in [1.807, 2.05) is 0 Å². The molecule has 0 aliphatic rings. The Bertz CT molecular complexity index is 521. The Kier molecular flexibility index (Phi) is 1.89. The number of halogens is 1. The lowest BCUT2D eigenvalue weighted by atomic mass is 10.2. The second-order valence-electron chi connectivity index (χ2n) is 2.76. The van der Waals surface area contributed by atoms with Gasteiger partial charge in [-0.25, -0.2) is 9.18 Å². The number of nitrogen functional groups attached to an aromatic ring is 1. The van der Waals surface area contributed by atoms with Crippen molar-refractivity contribution in [3.05, 3.63) is 28.9 Å². The van der Waals surface area contributed by atoms with Crippen LogP contribution in [-0.4, -0.2) is 11.1 Å². The summed E-state index contributed by atoms with van der Waals surface area (Å²) < 4.78 is 13.8. The van der Waals surface area contributed by atoms with Gasteiger partial charge < -0.3 is 10.8 Å². The molecule has 0 fully saturated rings. The van der Waals surface area contributed by atoms with Crippen molar-refractivity contribution in [1.82, 2.24) is 0 Å². The molecule has 0 saturated carbocycles. The number of nitrogens with two attached hydrogens (primary N) is 1. The van der Waals surface area contributed by atoms with E-state index < -0.39 is 11.8 Å². The lowest BCUT2D eigenvalue weighted by Gasteiger charge is -1.93. The third-order valence-corrected chi connectivity index (χ3v) is 3.05. The number of benzene rings is 1. The van der Waals surface area contributed by atoms with Crippen molar-refractivity contribution in [2.45, 2.75) is 0 Å². The Morgan fingerprint density at radius 3 is 2.79 bits per heavy atom. The predicted molar refractivity (Wildman–Crippen MR) is 53.2 cm³/mol. The molecule has 2 aromatic rings. The summed E-state index contributed by atoms with van der Waals surface area (Å²) in [7, 11) is 0. The third-order valence-electron chi connectivity index (χ3n) is 1.90. The monoisotopic (exact) mass is 211 g/mol. The molecule has 0 aliphatic heterocycles. The van der Waals surface area contributed by atoms with E-state index in [0.29, 0.717) is 4.70 Å². The number of carboxylic acid groups (broad SMARTS) is 1. The fourth-order valence-corrected chi connectivity index (χ4v) is 2.26. The van der Waals surface area contributed by atoms with E-state index in [1.165, 1.54) is 12.1 Å². The number of hydrogen-bond donors (Lipinski definition) is 2. The molecule has 3 nitrogen and oxygen atoms in total. The highest BCUT2D eigenvalue weighted by Gasteiger charge is 2.17. The number of carboxylic acids is 1. The summed E-state index contributed by atoms with van der Waals surface area (Å²) >= 11 is 0.982. The molecule has 3 N–H and O–H groups in total. The Morgan fingerprint density at radius 1 is 1.50 bits per heavy atom. The molecular weight excluding hydrogens is 205 g/mol. The molecule has 1 aromatic heterocycles. The van der Waals surface area contributed by atoms with Crippen LogP contribution in [0.25, 0.3) is 10.1 Å². The van der Waals surface area contributed by atoms with Gasteiger partial charge in [-0.15, -0.1) is 11.3 Å². The number of hydrogen-bond acceptors (Lipinski definition) is 3. The molecule has 0 unspecified atom stereocenters. The minimum absolute atomic E-state index is 0.00917. The van der Waals surface area contributed by atoms with Gasteiger partial charge >= 0.3 is 5.97 Å². The van der Waals surface area contributed by atoms with Crippen LogP contribution in [0.4, 0.5) is 10.1 Å². The van der Waals surface area contributed by atoms with Gasteiger partial charge in [0.2, 0.25) is 0 Å². The molecule has 0 atom stereocenters. The zero-order valence-corrected chi connectivity index (χ0v) is 7.77.